The molecule has 7 nitrogen and oxygen atoms in total. The number of carbonyl (C=O) groups is 3. The van der Waals surface area contributed by atoms with Crippen molar-refractivity contribution >= 4 is 52.1 Å². The molecule has 0 aliphatic carbocycles. The van der Waals surface area contributed by atoms with Gasteiger partial charge in [-0.05, 0) is 66.1 Å². The number of fused-ring (bicyclic) bond motifs is 2. The Morgan fingerprint density at radius 2 is 1.56 bits per heavy atom. The van der Waals surface area contributed by atoms with E-state index in [-0.39, 0.29) is 17.5 Å². The molecule has 1 aliphatic rings. The van der Waals surface area contributed by atoms with Gasteiger partial charge in [-0.3, -0.25) is 14.4 Å². The molecule has 3 amide bonds. The number of hydrogen-bond acceptors (Lipinski definition) is 4. The average Bonchev–Trinajstić information content (AvgIpc) is 3.46. The largest absolute Gasteiger partial charge is 0.361 e. The molecule has 0 bridgehead atoms. The van der Waals surface area contributed by atoms with E-state index in [2.05, 4.69) is 27.8 Å². The summed E-state index contributed by atoms with van der Waals surface area (Å²) >= 11 is 1.47. The third-order valence-corrected chi connectivity index (χ3v) is 8.40. The van der Waals surface area contributed by atoms with Crippen molar-refractivity contribution in [2.75, 3.05) is 17.6 Å². The molecule has 4 aromatic carbocycles. The van der Waals surface area contributed by atoms with Crippen LogP contribution in [-0.2, 0) is 22.6 Å². The molecule has 0 atom stereocenters. The first-order chi connectivity index (χ1) is 21.0. The third-order valence-electron chi connectivity index (χ3n) is 7.41. The molecular weight excluding hydrogens is 556 g/mol. The summed E-state index contributed by atoms with van der Waals surface area (Å²) in [5, 5.41) is 6.62. The van der Waals surface area contributed by atoms with Gasteiger partial charge in [0.05, 0.1) is 5.75 Å². The normalized spacial score (nSPS) is 12.9. The number of aromatic amines is 1. The van der Waals surface area contributed by atoms with Crippen LogP contribution in [0.1, 0.15) is 27.0 Å². The maximum Gasteiger partial charge on any atom is 0.272 e. The van der Waals surface area contributed by atoms with Crippen LogP contribution < -0.4 is 10.6 Å². The lowest BCUT2D eigenvalue weighted by atomic mass is 10.00. The van der Waals surface area contributed by atoms with Gasteiger partial charge in [-0.15, -0.1) is 11.8 Å². The van der Waals surface area contributed by atoms with Crippen LogP contribution in [0, 0.1) is 0 Å². The molecule has 0 unspecified atom stereocenters. The summed E-state index contributed by atoms with van der Waals surface area (Å²) in [7, 11) is 0. The minimum Gasteiger partial charge on any atom is -0.361 e. The Morgan fingerprint density at radius 1 is 0.837 bits per heavy atom. The zero-order valence-electron chi connectivity index (χ0n) is 23.4. The van der Waals surface area contributed by atoms with Gasteiger partial charge in [0.15, 0.2) is 0 Å². The lowest BCUT2D eigenvalue weighted by Gasteiger charge is -2.28. The summed E-state index contributed by atoms with van der Waals surface area (Å²) in [6.45, 7) is 1.38. The number of amides is 3. The summed E-state index contributed by atoms with van der Waals surface area (Å²) in [5.41, 5.74) is 5.38. The molecule has 3 N–H and O–H groups in total. The minimum atomic E-state index is -0.449. The summed E-state index contributed by atoms with van der Waals surface area (Å²) < 4.78 is 0. The predicted octanol–water partition coefficient (Wildman–Crippen LogP) is 6.25. The number of H-pyrrole nitrogens is 1. The third kappa shape index (κ3) is 6.71. The summed E-state index contributed by atoms with van der Waals surface area (Å²) in [4.78, 5) is 45.3. The molecule has 1 aliphatic heterocycles. The zero-order chi connectivity index (χ0) is 29.6. The van der Waals surface area contributed by atoms with Crippen LogP contribution in [-0.4, -0.2) is 39.9 Å². The maximum absolute atomic E-state index is 13.4. The van der Waals surface area contributed by atoms with Gasteiger partial charge in [0, 0.05) is 51.9 Å². The first-order valence-corrected chi connectivity index (χ1v) is 15.0. The summed E-state index contributed by atoms with van der Waals surface area (Å²) in [5.74, 6) is -0.374. The molecular formula is C35H30N4O3S. The standard InChI is InChI=1S/C35H30N4O3S/c40-33(39-19-18-24-8-4-5-11-26(24)22-39)23-43-29-16-14-28(15-17-29)37-35(42)32(38-34(41)25-9-2-1-3-10-25)20-27-21-36-31-13-7-6-12-30(27)31/h1-17,20-21,36H,18-19,22-23H2,(H,37,42)(H,38,41). The van der Waals surface area contributed by atoms with Gasteiger partial charge in [0.2, 0.25) is 5.91 Å². The first kappa shape index (κ1) is 28.1. The lowest BCUT2D eigenvalue weighted by Crippen LogP contribution is -2.37. The van der Waals surface area contributed by atoms with Gasteiger partial charge in [-0.2, -0.15) is 0 Å². The Bertz CT molecular complexity index is 1810. The number of hydrogen-bond donors (Lipinski definition) is 3. The van der Waals surface area contributed by atoms with E-state index in [9.17, 15) is 14.4 Å². The van der Waals surface area contributed by atoms with Crippen molar-refractivity contribution in [3.63, 3.8) is 0 Å². The molecule has 6 rings (SSSR count). The van der Waals surface area contributed by atoms with Crippen molar-refractivity contribution < 1.29 is 14.4 Å². The van der Waals surface area contributed by atoms with E-state index in [1.165, 1.54) is 22.9 Å². The highest BCUT2D eigenvalue weighted by atomic mass is 32.2. The van der Waals surface area contributed by atoms with E-state index in [1.54, 1.807) is 42.5 Å². The van der Waals surface area contributed by atoms with Gasteiger partial charge in [-0.25, -0.2) is 0 Å². The number of thioether (sulfide) groups is 1. The number of nitrogens with zero attached hydrogens (tertiary/aromatic N) is 1. The summed E-state index contributed by atoms with van der Waals surface area (Å²) in [6, 6.07) is 32.2. The van der Waals surface area contributed by atoms with Crippen LogP contribution in [0.4, 0.5) is 5.69 Å². The number of anilines is 1. The van der Waals surface area contributed by atoms with Crippen molar-refractivity contribution in [1.29, 1.82) is 0 Å². The molecule has 0 radical (unpaired) electrons. The molecule has 2 heterocycles. The van der Waals surface area contributed by atoms with Crippen molar-refractivity contribution in [1.82, 2.24) is 15.2 Å². The van der Waals surface area contributed by atoms with Gasteiger partial charge < -0.3 is 20.5 Å². The van der Waals surface area contributed by atoms with Crippen molar-refractivity contribution in [3.8, 4) is 0 Å². The highest BCUT2D eigenvalue weighted by molar-refractivity contribution is 8.00. The van der Waals surface area contributed by atoms with Crippen molar-refractivity contribution in [2.24, 2.45) is 0 Å². The molecule has 0 saturated heterocycles. The average molecular weight is 587 g/mol. The monoisotopic (exact) mass is 586 g/mol. The second-order valence-electron chi connectivity index (χ2n) is 10.3. The van der Waals surface area contributed by atoms with E-state index in [0.717, 1.165) is 34.3 Å². The lowest BCUT2D eigenvalue weighted by molar-refractivity contribution is -0.129. The highest BCUT2D eigenvalue weighted by Crippen LogP contribution is 2.24. The highest BCUT2D eigenvalue weighted by Gasteiger charge is 2.20. The van der Waals surface area contributed by atoms with Crippen LogP contribution in [0.2, 0.25) is 0 Å². The molecule has 5 aromatic rings. The van der Waals surface area contributed by atoms with Crippen LogP contribution in [0.3, 0.4) is 0 Å². The number of rotatable bonds is 8. The second-order valence-corrected chi connectivity index (χ2v) is 11.3. The molecule has 43 heavy (non-hydrogen) atoms. The smallest absolute Gasteiger partial charge is 0.272 e. The second kappa shape index (κ2) is 12.8. The molecule has 8 heteroatoms. The number of benzene rings is 4. The predicted molar refractivity (Wildman–Crippen MR) is 172 cm³/mol. The molecule has 214 valence electrons. The topological polar surface area (TPSA) is 94.3 Å². The first-order valence-electron chi connectivity index (χ1n) is 14.1. The van der Waals surface area contributed by atoms with Gasteiger partial charge in [-0.1, -0.05) is 60.7 Å². The fourth-order valence-electron chi connectivity index (χ4n) is 5.09. The van der Waals surface area contributed by atoms with E-state index >= 15 is 0 Å². The van der Waals surface area contributed by atoms with Gasteiger partial charge in [0.25, 0.3) is 11.8 Å². The Kier molecular flexibility index (Phi) is 8.38. The SMILES string of the molecule is O=C(Nc1ccc(SCC(=O)N2CCc3ccccc3C2)cc1)C(=Cc1c[nH]c2ccccc12)NC(=O)c1ccccc1. The van der Waals surface area contributed by atoms with Crippen LogP contribution in [0.15, 0.2) is 120 Å². The Balaban J connectivity index is 1.12. The van der Waals surface area contributed by atoms with Crippen LogP contribution in [0.5, 0.6) is 0 Å². The maximum atomic E-state index is 13.4. The van der Waals surface area contributed by atoms with Gasteiger partial charge >= 0.3 is 0 Å². The van der Waals surface area contributed by atoms with Crippen molar-refractivity contribution in [3.05, 3.63) is 137 Å². The minimum absolute atomic E-state index is 0.109. The van der Waals surface area contributed by atoms with Gasteiger partial charge in [0.1, 0.15) is 5.70 Å². The Morgan fingerprint density at radius 3 is 2.37 bits per heavy atom. The van der Waals surface area contributed by atoms with E-state index in [0.29, 0.717) is 23.5 Å². The van der Waals surface area contributed by atoms with Crippen molar-refractivity contribution in [2.45, 2.75) is 17.9 Å². The number of carbonyl (C=O) groups excluding carboxylic acids is 3. The zero-order valence-corrected chi connectivity index (χ0v) is 24.2. The fourth-order valence-corrected chi connectivity index (χ4v) is 5.89. The van der Waals surface area contributed by atoms with Crippen LogP contribution >= 0.6 is 11.8 Å². The molecule has 0 saturated carbocycles. The van der Waals surface area contributed by atoms with E-state index in [4.69, 9.17) is 0 Å². The van der Waals surface area contributed by atoms with E-state index in [1.807, 2.05) is 65.7 Å². The molecule has 1 aromatic heterocycles. The molecule has 0 fully saturated rings. The fraction of sp³-hybridized carbons (Fsp3) is 0.114. The molecule has 0 spiro atoms. The quantitative estimate of drug-likeness (QED) is 0.148. The van der Waals surface area contributed by atoms with Crippen LogP contribution in [0.25, 0.3) is 17.0 Å². The number of aromatic nitrogens is 1. The Labute approximate surface area is 254 Å². The summed E-state index contributed by atoms with van der Waals surface area (Å²) in [6.07, 6.45) is 4.36. The number of para-hydroxylation sites is 1. The number of nitrogens with one attached hydrogen (secondary N) is 3. The Hall–Kier alpha value is -5.08. The van der Waals surface area contributed by atoms with E-state index < -0.39 is 5.91 Å².